The summed E-state index contributed by atoms with van der Waals surface area (Å²) in [7, 11) is 0. The second-order valence-electron chi connectivity index (χ2n) is 5.60. The molecule has 8 heteroatoms. The zero-order valence-electron chi connectivity index (χ0n) is 13.1. The molecule has 8 nitrogen and oxygen atoms in total. The number of rotatable bonds is 2. The Morgan fingerprint density at radius 3 is 2.19 bits per heavy atom. The van der Waals surface area contributed by atoms with E-state index < -0.39 is 11.6 Å². The van der Waals surface area contributed by atoms with Crippen LogP contribution >= 0.6 is 0 Å². The van der Waals surface area contributed by atoms with Gasteiger partial charge in [0.05, 0.1) is 11.4 Å². The van der Waals surface area contributed by atoms with E-state index in [-0.39, 0.29) is 16.9 Å². The summed E-state index contributed by atoms with van der Waals surface area (Å²) in [6.45, 7) is 0. The van der Waals surface area contributed by atoms with Crippen molar-refractivity contribution >= 4 is 50.6 Å². The highest BCUT2D eigenvalue weighted by molar-refractivity contribution is 6.50. The van der Waals surface area contributed by atoms with Crippen molar-refractivity contribution in [3.05, 3.63) is 74.5 Å². The molecule has 0 fully saturated rings. The van der Waals surface area contributed by atoms with Gasteiger partial charge in [-0.3, -0.25) is 9.59 Å². The van der Waals surface area contributed by atoms with Crippen LogP contribution in [0.4, 0.5) is 11.4 Å². The minimum absolute atomic E-state index is 0.127. The molecule has 0 amide bonds. The van der Waals surface area contributed by atoms with E-state index >= 15 is 0 Å². The van der Waals surface area contributed by atoms with Crippen LogP contribution in [0, 0.1) is 0 Å². The van der Waals surface area contributed by atoms with Gasteiger partial charge in [-0.25, -0.2) is 0 Å². The van der Waals surface area contributed by atoms with Crippen molar-refractivity contribution < 1.29 is 9.59 Å². The van der Waals surface area contributed by atoms with Gasteiger partial charge in [-0.2, -0.15) is 0 Å². The maximum absolute atomic E-state index is 12.2. The summed E-state index contributed by atoms with van der Waals surface area (Å²) >= 11 is 0. The van der Waals surface area contributed by atoms with Crippen molar-refractivity contribution in [1.82, 2.24) is 0 Å². The van der Waals surface area contributed by atoms with Crippen LogP contribution in [0.1, 0.15) is 15.9 Å². The summed E-state index contributed by atoms with van der Waals surface area (Å²) in [5.74, 6) is -1.24. The number of nitrogens with zero attached hydrogens (tertiary/aromatic N) is 6. The second kappa shape index (κ2) is 5.75. The summed E-state index contributed by atoms with van der Waals surface area (Å²) in [6.07, 6.45) is 2.71. The molecular formula is C18H8N6O2. The predicted molar refractivity (Wildman–Crippen MR) is 97.4 cm³/mol. The number of carbonyl (C=O) groups excluding carboxylic acids is 2. The molecule has 1 aliphatic carbocycles. The number of carbonyl (C=O) groups is 2. The van der Waals surface area contributed by atoms with Gasteiger partial charge in [-0.1, -0.05) is 40.6 Å². The molecule has 0 N–H and O–H groups in total. The normalized spacial score (nSPS) is 12.6. The first kappa shape index (κ1) is 15.4. The number of Topliss-reactive ketones (excluding diaryl/α,β-unsaturated/α-hetero) is 1. The van der Waals surface area contributed by atoms with Crippen LogP contribution in [0.3, 0.4) is 0 Å². The maximum atomic E-state index is 12.2. The minimum Gasteiger partial charge on any atom is -0.286 e. The highest BCUT2D eigenvalue weighted by Crippen LogP contribution is 2.46. The third-order valence-corrected chi connectivity index (χ3v) is 4.34. The molecule has 0 aromatic heterocycles. The maximum Gasteiger partial charge on any atom is 0.233 e. The molecule has 4 rings (SSSR count). The first-order valence-corrected chi connectivity index (χ1v) is 7.55. The van der Waals surface area contributed by atoms with E-state index in [1.807, 2.05) is 12.1 Å². The van der Waals surface area contributed by atoms with Gasteiger partial charge in [0, 0.05) is 20.8 Å². The molecular weight excluding hydrogens is 332 g/mol. The zero-order valence-corrected chi connectivity index (χ0v) is 13.1. The number of azide groups is 2. The standard InChI is InChI=1S/C18H8N6O2/c19-23-21-16-12-4-2-1-3-9(12)10-5-6-13-11(7-8-14(25)18(13)26)15(10)17(16)22-24-20/h1-8H. The van der Waals surface area contributed by atoms with E-state index in [4.69, 9.17) is 11.1 Å². The quantitative estimate of drug-likeness (QED) is 0.196. The Bertz CT molecular complexity index is 1280. The number of allylic oxidation sites excluding steroid dienone is 1. The average Bonchev–Trinajstić information content (AvgIpc) is 2.67. The fraction of sp³-hybridized carbons (Fsp3) is 0. The van der Waals surface area contributed by atoms with E-state index in [2.05, 4.69) is 20.1 Å². The molecule has 0 bridgehead atoms. The molecule has 3 aromatic rings. The smallest absolute Gasteiger partial charge is 0.233 e. The van der Waals surface area contributed by atoms with E-state index in [0.29, 0.717) is 16.3 Å². The van der Waals surface area contributed by atoms with Gasteiger partial charge in [0.2, 0.25) is 11.6 Å². The Morgan fingerprint density at radius 1 is 0.769 bits per heavy atom. The van der Waals surface area contributed by atoms with E-state index in [1.165, 1.54) is 12.2 Å². The van der Waals surface area contributed by atoms with E-state index in [9.17, 15) is 9.59 Å². The Balaban J connectivity index is 2.35. The molecule has 0 spiro atoms. The van der Waals surface area contributed by atoms with Crippen LogP contribution in [0.2, 0.25) is 0 Å². The van der Waals surface area contributed by atoms with Crippen LogP contribution in [0.25, 0.3) is 48.5 Å². The number of hydrogen-bond acceptors (Lipinski definition) is 4. The van der Waals surface area contributed by atoms with Crippen LogP contribution in [-0.4, -0.2) is 11.6 Å². The van der Waals surface area contributed by atoms with Gasteiger partial charge in [-0.05, 0) is 51.0 Å². The topological polar surface area (TPSA) is 132 Å². The zero-order chi connectivity index (χ0) is 18.3. The highest BCUT2D eigenvalue weighted by Gasteiger charge is 2.25. The number of benzene rings is 3. The molecule has 26 heavy (non-hydrogen) atoms. The Labute approximate surface area is 145 Å². The van der Waals surface area contributed by atoms with Crippen LogP contribution in [0.5, 0.6) is 0 Å². The number of hydrogen-bond donors (Lipinski definition) is 0. The van der Waals surface area contributed by atoms with Gasteiger partial charge in [0.25, 0.3) is 0 Å². The second-order valence-corrected chi connectivity index (χ2v) is 5.60. The highest BCUT2D eigenvalue weighted by atomic mass is 16.2. The lowest BCUT2D eigenvalue weighted by Gasteiger charge is -2.17. The van der Waals surface area contributed by atoms with Gasteiger partial charge < -0.3 is 0 Å². The average molecular weight is 340 g/mol. The molecule has 0 radical (unpaired) electrons. The van der Waals surface area contributed by atoms with Crippen molar-refractivity contribution in [3.8, 4) is 0 Å². The molecule has 1 aliphatic rings. The molecule has 3 aromatic carbocycles. The lowest BCUT2D eigenvalue weighted by atomic mass is 9.87. The summed E-state index contributed by atoms with van der Waals surface area (Å²) in [4.78, 5) is 29.6. The third kappa shape index (κ3) is 2.04. The fourth-order valence-electron chi connectivity index (χ4n) is 3.30. The van der Waals surface area contributed by atoms with Crippen LogP contribution in [-0.2, 0) is 4.79 Å². The van der Waals surface area contributed by atoms with Crippen LogP contribution < -0.4 is 0 Å². The Hall–Kier alpha value is -4.12. The van der Waals surface area contributed by atoms with Gasteiger partial charge in [0.15, 0.2) is 0 Å². The summed E-state index contributed by atoms with van der Waals surface area (Å²) in [5, 5.41) is 10.1. The molecule has 0 heterocycles. The Morgan fingerprint density at radius 2 is 1.46 bits per heavy atom. The van der Waals surface area contributed by atoms with Crippen molar-refractivity contribution in [1.29, 1.82) is 0 Å². The predicted octanol–water partition coefficient (Wildman–Crippen LogP) is 5.66. The molecule has 0 saturated carbocycles. The number of ketones is 2. The fourth-order valence-corrected chi connectivity index (χ4v) is 3.30. The van der Waals surface area contributed by atoms with Crippen molar-refractivity contribution in [3.63, 3.8) is 0 Å². The molecule has 0 saturated heterocycles. The van der Waals surface area contributed by atoms with Gasteiger partial charge in [0.1, 0.15) is 0 Å². The largest absolute Gasteiger partial charge is 0.286 e. The van der Waals surface area contributed by atoms with E-state index in [0.717, 1.165) is 10.8 Å². The van der Waals surface area contributed by atoms with Crippen molar-refractivity contribution in [2.75, 3.05) is 0 Å². The van der Waals surface area contributed by atoms with Gasteiger partial charge in [-0.15, -0.1) is 0 Å². The van der Waals surface area contributed by atoms with Crippen molar-refractivity contribution in [2.24, 2.45) is 10.2 Å². The SMILES string of the molecule is [N-]=[N+]=Nc1c(N=[N+]=[N-])c2c3c(ccc2c2ccccc12)C(=O)C(=O)C=C3. The van der Waals surface area contributed by atoms with Crippen molar-refractivity contribution in [2.45, 2.75) is 0 Å². The molecule has 0 unspecified atom stereocenters. The monoisotopic (exact) mass is 340 g/mol. The lowest BCUT2D eigenvalue weighted by molar-refractivity contribution is -0.110. The Kier molecular flexibility index (Phi) is 3.41. The molecule has 0 atom stereocenters. The van der Waals surface area contributed by atoms with Crippen LogP contribution in [0.15, 0.2) is 52.7 Å². The molecule has 0 aliphatic heterocycles. The third-order valence-electron chi connectivity index (χ3n) is 4.34. The lowest BCUT2D eigenvalue weighted by Crippen LogP contribution is -2.16. The summed E-state index contributed by atoms with van der Waals surface area (Å²) in [5.41, 5.74) is 19.0. The first-order chi connectivity index (χ1) is 12.7. The van der Waals surface area contributed by atoms with E-state index in [1.54, 1.807) is 24.3 Å². The molecule has 122 valence electrons. The first-order valence-electron chi connectivity index (χ1n) is 7.55. The minimum atomic E-state index is -0.630. The summed E-state index contributed by atoms with van der Waals surface area (Å²) < 4.78 is 0. The summed E-state index contributed by atoms with van der Waals surface area (Å²) in [6, 6.07) is 10.5. The van der Waals surface area contributed by atoms with Gasteiger partial charge >= 0.3 is 0 Å². The number of fused-ring (bicyclic) bond motifs is 5.